The van der Waals surface area contributed by atoms with Gasteiger partial charge in [-0.3, -0.25) is 9.69 Å². The molecule has 114 valence electrons. The number of hydrogen-bond donors (Lipinski definition) is 2. The summed E-state index contributed by atoms with van der Waals surface area (Å²) in [5.74, 6) is -0.480. The zero-order valence-electron chi connectivity index (χ0n) is 12.0. The lowest BCUT2D eigenvalue weighted by molar-refractivity contribution is 0.100. The minimum atomic E-state index is -0.480. The third kappa shape index (κ3) is 2.80. The average Bonchev–Trinajstić information content (AvgIpc) is 2.75. The van der Waals surface area contributed by atoms with Crippen LogP contribution >= 0.6 is 11.6 Å². The third-order valence-corrected chi connectivity index (χ3v) is 4.76. The fraction of sp³-hybridized carbons (Fsp3) is 0.533. The normalized spacial score (nSPS) is 22.9. The highest BCUT2D eigenvalue weighted by molar-refractivity contribution is 6.34. The lowest BCUT2D eigenvalue weighted by atomic mass is 10.1. The molecule has 1 aromatic rings. The Bertz CT molecular complexity index is 563. The molecule has 2 fully saturated rings. The maximum atomic E-state index is 11.8. The number of nitrogens with two attached hydrogens (primary N) is 2. The number of carbonyl (C=O) groups is 1. The predicted octanol–water partition coefficient (Wildman–Crippen LogP) is 1.70. The van der Waals surface area contributed by atoms with Crippen molar-refractivity contribution in [3.8, 4) is 0 Å². The molecule has 0 spiro atoms. The molecule has 0 aliphatic carbocycles. The Kier molecular flexibility index (Phi) is 3.95. The van der Waals surface area contributed by atoms with Crippen LogP contribution in [-0.4, -0.2) is 43.0 Å². The van der Waals surface area contributed by atoms with Crippen LogP contribution in [0.5, 0.6) is 0 Å². The Morgan fingerprint density at radius 1 is 1.24 bits per heavy atom. The molecule has 0 aromatic heterocycles. The first-order chi connectivity index (χ1) is 10.1. The van der Waals surface area contributed by atoms with Crippen molar-refractivity contribution in [1.29, 1.82) is 0 Å². The molecular weight excluding hydrogens is 288 g/mol. The first-order valence-electron chi connectivity index (χ1n) is 7.44. The minimum absolute atomic E-state index is 0.423. The zero-order valence-corrected chi connectivity index (χ0v) is 12.8. The van der Waals surface area contributed by atoms with Gasteiger partial charge in [0.1, 0.15) is 0 Å². The van der Waals surface area contributed by atoms with Crippen LogP contribution in [0.3, 0.4) is 0 Å². The number of fused-ring (bicyclic) bond motifs is 1. The summed E-state index contributed by atoms with van der Waals surface area (Å²) in [5.41, 5.74) is 12.9. The number of nitrogens with zero attached hydrogens (tertiary/aromatic N) is 2. The second-order valence-corrected chi connectivity index (χ2v) is 6.30. The van der Waals surface area contributed by atoms with Gasteiger partial charge in [0.05, 0.1) is 16.3 Å². The summed E-state index contributed by atoms with van der Waals surface area (Å²) in [6, 6.07) is 3.86. The number of rotatable bonds is 2. The fourth-order valence-corrected chi connectivity index (χ4v) is 3.89. The first-order valence-corrected chi connectivity index (χ1v) is 7.82. The van der Waals surface area contributed by atoms with E-state index in [1.54, 1.807) is 12.1 Å². The highest BCUT2D eigenvalue weighted by Gasteiger charge is 2.30. The number of carbonyl (C=O) groups excluding carboxylic acids is 1. The molecule has 21 heavy (non-hydrogen) atoms. The molecule has 5 nitrogen and oxygen atoms in total. The SMILES string of the molecule is NC(=O)c1cc(N)cc(Cl)c1N1CCCN2CCCC2C1. The van der Waals surface area contributed by atoms with Crippen LogP contribution in [0, 0.1) is 0 Å². The number of hydrogen-bond acceptors (Lipinski definition) is 4. The monoisotopic (exact) mass is 308 g/mol. The number of primary amides is 1. The predicted molar refractivity (Wildman–Crippen MR) is 85.8 cm³/mol. The quantitative estimate of drug-likeness (QED) is 0.815. The lowest BCUT2D eigenvalue weighted by Crippen LogP contribution is -2.37. The summed E-state index contributed by atoms with van der Waals surface area (Å²) in [6.45, 7) is 4.07. The topological polar surface area (TPSA) is 75.6 Å². The molecule has 1 amide bonds. The van der Waals surface area contributed by atoms with Crippen molar-refractivity contribution in [2.24, 2.45) is 5.73 Å². The Labute approximate surface area is 129 Å². The van der Waals surface area contributed by atoms with E-state index in [0.29, 0.717) is 22.3 Å². The Morgan fingerprint density at radius 2 is 2.00 bits per heavy atom. The van der Waals surface area contributed by atoms with Gasteiger partial charge >= 0.3 is 0 Å². The van der Waals surface area contributed by atoms with Gasteiger partial charge in [0.15, 0.2) is 0 Å². The second-order valence-electron chi connectivity index (χ2n) is 5.89. The van der Waals surface area contributed by atoms with E-state index in [-0.39, 0.29) is 0 Å². The molecule has 0 bridgehead atoms. The van der Waals surface area contributed by atoms with Crippen molar-refractivity contribution in [1.82, 2.24) is 4.90 Å². The molecule has 4 N–H and O–H groups in total. The Morgan fingerprint density at radius 3 is 2.76 bits per heavy atom. The molecule has 2 heterocycles. The van der Waals surface area contributed by atoms with Gasteiger partial charge in [-0.2, -0.15) is 0 Å². The highest BCUT2D eigenvalue weighted by atomic mass is 35.5. The van der Waals surface area contributed by atoms with Gasteiger partial charge < -0.3 is 16.4 Å². The summed E-state index contributed by atoms with van der Waals surface area (Å²) in [4.78, 5) is 16.5. The van der Waals surface area contributed by atoms with E-state index in [9.17, 15) is 4.79 Å². The van der Waals surface area contributed by atoms with Crippen molar-refractivity contribution in [2.45, 2.75) is 25.3 Å². The molecule has 2 aliphatic heterocycles. The zero-order chi connectivity index (χ0) is 15.0. The summed E-state index contributed by atoms with van der Waals surface area (Å²) in [6.07, 6.45) is 3.51. The maximum Gasteiger partial charge on any atom is 0.250 e. The number of nitrogen functional groups attached to an aromatic ring is 1. The van der Waals surface area contributed by atoms with E-state index in [1.807, 2.05) is 0 Å². The van der Waals surface area contributed by atoms with E-state index >= 15 is 0 Å². The number of anilines is 2. The minimum Gasteiger partial charge on any atom is -0.399 e. The van der Waals surface area contributed by atoms with E-state index in [2.05, 4.69) is 9.80 Å². The van der Waals surface area contributed by atoms with Gasteiger partial charge in [0.2, 0.25) is 0 Å². The second kappa shape index (κ2) is 5.73. The Balaban J connectivity index is 1.97. The molecule has 0 saturated carbocycles. The fourth-order valence-electron chi connectivity index (χ4n) is 3.54. The van der Waals surface area contributed by atoms with E-state index < -0.39 is 5.91 Å². The molecular formula is C15H21ClN4O. The summed E-state index contributed by atoms with van der Waals surface area (Å²) >= 11 is 6.37. The summed E-state index contributed by atoms with van der Waals surface area (Å²) in [7, 11) is 0. The van der Waals surface area contributed by atoms with Crippen molar-refractivity contribution in [3.63, 3.8) is 0 Å². The van der Waals surface area contributed by atoms with Crippen LogP contribution in [0.4, 0.5) is 11.4 Å². The van der Waals surface area contributed by atoms with Crippen LogP contribution in [0.15, 0.2) is 12.1 Å². The molecule has 1 unspecified atom stereocenters. The van der Waals surface area contributed by atoms with Crippen molar-refractivity contribution in [3.05, 3.63) is 22.7 Å². The summed E-state index contributed by atoms with van der Waals surface area (Å²) in [5, 5.41) is 0.509. The van der Waals surface area contributed by atoms with Crippen LogP contribution in [-0.2, 0) is 0 Å². The summed E-state index contributed by atoms with van der Waals surface area (Å²) < 4.78 is 0. The van der Waals surface area contributed by atoms with Gasteiger partial charge in [-0.05, 0) is 37.9 Å². The van der Waals surface area contributed by atoms with E-state index in [1.165, 1.54) is 19.4 Å². The first kappa shape index (κ1) is 14.5. The molecule has 2 aliphatic rings. The number of benzene rings is 1. The maximum absolute atomic E-state index is 11.8. The highest BCUT2D eigenvalue weighted by Crippen LogP contribution is 2.34. The number of halogens is 1. The smallest absolute Gasteiger partial charge is 0.250 e. The molecule has 3 rings (SSSR count). The van der Waals surface area contributed by atoms with Crippen LogP contribution in [0.1, 0.15) is 29.6 Å². The molecule has 0 radical (unpaired) electrons. The van der Waals surface area contributed by atoms with Crippen LogP contribution in [0.2, 0.25) is 5.02 Å². The molecule has 6 heteroatoms. The largest absolute Gasteiger partial charge is 0.399 e. The average molecular weight is 309 g/mol. The molecule has 1 aromatic carbocycles. The Hall–Kier alpha value is -1.46. The lowest BCUT2D eigenvalue weighted by Gasteiger charge is -2.29. The third-order valence-electron chi connectivity index (χ3n) is 4.47. The van der Waals surface area contributed by atoms with Crippen LogP contribution in [0.25, 0.3) is 0 Å². The van der Waals surface area contributed by atoms with Gasteiger partial charge in [0.25, 0.3) is 5.91 Å². The van der Waals surface area contributed by atoms with Gasteiger partial charge in [-0.1, -0.05) is 11.6 Å². The van der Waals surface area contributed by atoms with Gasteiger partial charge in [0, 0.05) is 31.4 Å². The molecule has 2 saturated heterocycles. The van der Waals surface area contributed by atoms with E-state index in [0.717, 1.165) is 31.7 Å². The van der Waals surface area contributed by atoms with Crippen molar-refractivity contribution >= 4 is 28.9 Å². The van der Waals surface area contributed by atoms with Gasteiger partial charge in [-0.15, -0.1) is 0 Å². The standard InChI is InChI=1S/C15H21ClN4O/c16-13-8-10(17)7-12(15(18)21)14(13)20-6-2-5-19-4-1-3-11(19)9-20/h7-8,11H,1-6,9,17H2,(H2,18,21). The van der Waals surface area contributed by atoms with Crippen LogP contribution < -0.4 is 16.4 Å². The number of amides is 1. The molecule has 1 atom stereocenters. The van der Waals surface area contributed by atoms with Gasteiger partial charge in [-0.25, -0.2) is 0 Å². The van der Waals surface area contributed by atoms with E-state index in [4.69, 9.17) is 23.1 Å². The van der Waals surface area contributed by atoms with Crippen molar-refractivity contribution in [2.75, 3.05) is 36.8 Å². The van der Waals surface area contributed by atoms with Crippen molar-refractivity contribution < 1.29 is 4.79 Å².